The summed E-state index contributed by atoms with van der Waals surface area (Å²) in [5.74, 6) is -1.99. The van der Waals surface area contributed by atoms with E-state index in [0.717, 1.165) is 0 Å². The number of pyridine rings is 1. The minimum Gasteiger partial charge on any atom is -0.350 e. The van der Waals surface area contributed by atoms with Crippen LogP contribution in [-0.4, -0.2) is 31.3 Å². The van der Waals surface area contributed by atoms with Gasteiger partial charge in [-0.05, 0) is 17.7 Å². The van der Waals surface area contributed by atoms with Crippen LogP contribution in [0, 0.1) is 0 Å². The highest BCUT2D eigenvalue weighted by Gasteiger charge is 2.38. The largest absolute Gasteiger partial charge is 0.471 e. The van der Waals surface area contributed by atoms with Crippen molar-refractivity contribution in [3.05, 3.63) is 29.6 Å². The molecule has 0 radical (unpaired) electrons. The molecule has 5 nitrogen and oxygen atoms in total. The Kier molecular flexibility index (Phi) is 5.25. The monoisotopic (exact) mass is 278 g/mol. The van der Waals surface area contributed by atoms with Crippen LogP contribution in [0.4, 0.5) is 13.2 Å². The first-order chi connectivity index (χ1) is 8.88. The second-order valence-electron chi connectivity index (χ2n) is 3.57. The molecule has 0 unspecified atom stereocenters. The van der Waals surface area contributed by atoms with Crippen molar-refractivity contribution in [3.63, 3.8) is 0 Å². The third-order valence-electron chi connectivity index (χ3n) is 2.23. The summed E-state index contributed by atoms with van der Waals surface area (Å²) in [5.41, 5.74) is 0.866. The number of alkyl halides is 3. The number of halogens is 3. The van der Waals surface area contributed by atoms with Gasteiger partial charge in [-0.15, -0.1) is 0 Å². The van der Waals surface area contributed by atoms with E-state index < -0.39 is 18.4 Å². The Hall–Kier alpha value is -1.67. The molecule has 0 saturated heterocycles. The van der Waals surface area contributed by atoms with Gasteiger partial charge in [0.25, 0.3) is 0 Å². The highest BCUT2D eigenvalue weighted by molar-refractivity contribution is 5.81. The quantitative estimate of drug-likeness (QED) is 0.830. The van der Waals surface area contributed by atoms with Crippen LogP contribution in [0.1, 0.15) is 17.5 Å². The van der Waals surface area contributed by atoms with Crippen molar-refractivity contribution in [1.82, 2.24) is 10.3 Å². The van der Waals surface area contributed by atoms with E-state index >= 15 is 0 Å². The van der Waals surface area contributed by atoms with Gasteiger partial charge < -0.3 is 14.8 Å². The van der Waals surface area contributed by atoms with Crippen LogP contribution in [0.5, 0.6) is 0 Å². The highest BCUT2D eigenvalue weighted by Crippen LogP contribution is 2.17. The summed E-state index contributed by atoms with van der Waals surface area (Å²) in [6.07, 6.45) is -4.20. The lowest BCUT2D eigenvalue weighted by molar-refractivity contribution is -0.173. The van der Waals surface area contributed by atoms with Gasteiger partial charge in [-0.3, -0.25) is 9.78 Å². The fraction of sp³-hybridized carbons (Fsp3) is 0.455. The maximum atomic E-state index is 12.0. The molecule has 106 valence electrons. The molecule has 1 aromatic rings. The normalized spacial score (nSPS) is 11.7. The van der Waals surface area contributed by atoms with Crippen molar-refractivity contribution in [2.75, 3.05) is 14.2 Å². The number of carbonyl (C=O) groups excluding carboxylic acids is 1. The molecule has 19 heavy (non-hydrogen) atoms. The summed E-state index contributed by atoms with van der Waals surface area (Å²) >= 11 is 0. The van der Waals surface area contributed by atoms with Crippen LogP contribution in [0.15, 0.2) is 18.3 Å². The van der Waals surface area contributed by atoms with Gasteiger partial charge in [-0.25, -0.2) is 0 Å². The molecule has 1 aromatic heterocycles. The van der Waals surface area contributed by atoms with Gasteiger partial charge >= 0.3 is 12.1 Å². The van der Waals surface area contributed by atoms with E-state index in [1.807, 2.05) is 0 Å². The van der Waals surface area contributed by atoms with Crippen molar-refractivity contribution in [1.29, 1.82) is 0 Å². The Morgan fingerprint density at radius 1 is 1.42 bits per heavy atom. The minimum atomic E-state index is -4.89. The smallest absolute Gasteiger partial charge is 0.350 e. The van der Waals surface area contributed by atoms with Crippen LogP contribution >= 0.6 is 0 Å². The lowest BCUT2D eigenvalue weighted by atomic mass is 10.2. The molecule has 0 saturated carbocycles. The second kappa shape index (κ2) is 6.48. The first-order valence-electron chi connectivity index (χ1n) is 5.24. The maximum Gasteiger partial charge on any atom is 0.471 e. The van der Waals surface area contributed by atoms with Crippen LogP contribution in [0.2, 0.25) is 0 Å². The van der Waals surface area contributed by atoms with Gasteiger partial charge in [-0.2, -0.15) is 13.2 Å². The molecule has 8 heteroatoms. The molecule has 0 aromatic carbocycles. The van der Waals surface area contributed by atoms with Crippen LogP contribution in [-0.2, 0) is 20.8 Å². The van der Waals surface area contributed by atoms with Crippen LogP contribution in [0.25, 0.3) is 0 Å². The third kappa shape index (κ3) is 4.49. The lowest BCUT2D eigenvalue weighted by Gasteiger charge is -2.14. The number of ether oxygens (including phenoxy) is 2. The van der Waals surface area contributed by atoms with Crippen molar-refractivity contribution >= 4 is 5.91 Å². The lowest BCUT2D eigenvalue weighted by Crippen LogP contribution is -2.36. The fourth-order valence-electron chi connectivity index (χ4n) is 1.35. The summed E-state index contributed by atoms with van der Waals surface area (Å²) < 4.78 is 45.9. The summed E-state index contributed by atoms with van der Waals surface area (Å²) in [4.78, 5) is 14.6. The predicted molar refractivity (Wildman–Crippen MR) is 58.9 cm³/mol. The average Bonchev–Trinajstić information content (AvgIpc) is 2.37. The summed E-state index contributed by atoms with van der Waals surface area (Å²) in [5, 5.41) is 1.77. The topological polar surface area (TPSA) is 60.5 Å². The molecule has 1 amide bonds. The maximum absolute atomic E-state index is 12.0. The Bertz CT molecular complexity index is 433. The Balaban J connectivity index is 2.70. The SMILES string of the molecule is COC(OC)c1cc(CNC(=O)C(F)(F)F)ccn1. The predicted octanol–water partition coefficient (Wildman–Crippen LogP) is 1.55. The van der Waals surface area contributed by atoms with Gasteiger partial charge in [0.05, 0.1) is 5.69 Å². The number of nitrogens with one attached hydrogen (secondary N) is 1. The van der Waals surface area contributed by atoms with E-state index in [9.17, 15) is 18.0 Å². The van der Waals surface area contributed by atoms with E-state index in [1.54, 1.807) is 5.32 Å². The van der Waals surface area contributed by atoms with Crippen molar-refractivity contribution in [2.24, 2.45) is 0 Å². The highest BCUT2D eigenvalue weighted by atomic mass is 19.4. The van der Waals surface area contributed by atoms with Gasteiger partial charge in [-0.1, -0.05) is 0 Å². The van der Waals surface area contributed by atoms with Gasteiger partial charge in [0, 0.05) is 27.0 Å². The third-order valence-corrected chi connectivity index (χ3v) is 2.23. The molecule has 0 fully saturated rings. The van der Waals surface area contributed by atoms with Crippen LogP contribution in [0.3, 0.4) is 0 Å². The molecule has 0 aliphatic carbocycles. The molecule has 0 bridgehead atoms. The number of aromatic nitrogens is 1. The number of rotatable bonds is 5. The first-order valence-corrected chi connectivity index (χ1v) is 5.24. The van der Waals surface area contributed by atoms with E-state index in [-0.39, 0.29) is 6.54 Å². The summed E-state index contributed by atoms with van der Waals surface area (Å²) in [6.45, 7) is -0.256. The molecule has 0 aliphatic rings. The fourth-order valence-corrected chi connectivity index (χ4v) is 1.35. The van der Waals surface area contributed by atoms with Gasteiger partial charge in [0.2, 0.25) is 6.29 Å². The standard InChI is InChI=1S/C11H13F3N2O3/c1-18-9(19-2)8-5-7(3-4-15-8)6-16-10(17)11(12,13)14/h3-5,9H,6H2,1-2H3,(H,16,17). The molecular weight excluding hydrogens is 265 g/mol. The van der Waals surface area contributed by atoms with Gasteiger partial charge in [0.1, 0.15) is 0 Å². The van der Waals surface area contributed by atoms with E-state index in [1.165, 1.54) is 32.5 Å². The number of carbonyl (C=O) groups is 1. The zero-order valence-electron chi connectivity index (χ0n) is 10.3. The van der Waals surface area contributed by atoms with E-state index in [0.29, 0.717) is 11.3 Å². The number of nitrogens with zero attached hydrogens (tertiary/aromatic N) is 1. The first kappa shape index (κ1) is 15.4. The van der Waals surface area contributed by atoms with E-state index in [2.05, 4.69) is 4.98 Å². The van der Waals surface area contributed by atoms with Gasteiger partial charge in [0.15, 0.2) is 0 Å². The average molecular weight is 278 g/mol. The summed E-state index contributed by atoms with van der Waals surface area (Å²) in [6, 6.07) is 2.98. The molecular formula is C11H13F3N2O3. The Morgan fingerprint density at radius 2 is 2.05 bits per heavy atom. The Morgan fingerprint density at radius 3 is 2.58 bits per heavy atom. The molecule has 1 rings (SSSR count). The minimum absolute atomic E-state index is 0.256. The second-order valence-corrected chi connectivity index (χ2v) is 3.57. The number of hydrogen-bond donors (Lipinski definition) is 1. The molecule has 1 heterocycles. The zero-order valence-corrected chi connectivity index (χ0v) is 10.3. The zero-order chi connectivity index (χ0) is 14.5. The number of hydrogen-bond acceptors (Lipinski definition) is 4. The molecule has 1 N–H and O–H groups in total. The molecule has 0 spiro atoms. The summed E-state index contributed by atoms with van der Waals surface area (Å²) in [7, 11) is 2.82. The van der Waals surface area contributed by atoms with E-state index in [4.69, 9.17) is 9.47 Å². The number of methoxy groups -OCH3 is 2. The van der Waals surface area contributed by atoms with Crippen LogP contribution < -0.4 is 5.32 Å². The molecule has 0 atom stereocenters. The Labute approximate surface area is 107 Å². The van der Waals surface area contributed by atoms with Crippen molar-refractivity contribution in [2.45, 2.75) is 19.0 Å². The molecule has 0 aliphatic heterocycles. The van der Waals surface area contributed by atoms with Crippen molar-refractivity contribution < 1.29 is 27.4 Å². The number of amides is 1. The van der Waals surface area contributed by atoms with Crippen molar-refractivity contribution in [3.8, 4) is 0 Å².